The molecule has 84 valence electrons. The first-order chi connectivity index (χ1) is 7.86. The van der Waals surface area contributed by atoms with Crippen molar-refractivity contribution in [3.05, 3.63) is 35.9 Å². The van der Waals surface area contributed by atoms with Crippen molar-refractivity contribution in [2.75, 3.05) is 0 Å². The van der Waals surface area contributed by atoms with Crippen LogP contribution < -0.4 is 5.32 Å². The van der Waals surface area contributed by atoms with Crippen molar-refractivity contribution >= 4 is 0 Å². The van der Waals surface area contributed by atoms with Crippen LogP contribution in [0.1, 0.15) is 37.4 Å². The van der Waals surface area contributed by atoms with Crippen LogP contribution in [0, 0.1) is 0 Å². The molecule has 3 aliphatic heterocycles. The van der Waals surface area contributed by atoms with Crippen LogP contribution in [-0.2, 0) is 4.74 Å². The van der Waals surface area contributed by atoms with E-state index in [1.807, 2.05) is 0 Å². The van der Waals surface area contributed by atoms with Crippen molar-refractivity contribution in [1.82, 2.24) is 5.32 Å². The molecule has 16 heavy (non-hydrogen) atoms. The molecule has 4 atom stereocenters. The molecule has 3 fully saturated rings. The Balaban J connectivity index is 1.59. The minimum absolute atomic E-state index is 0.193. The fraction of sp³-hybridized carbons (Fsp3) is 0.571. The third-order valence-corrected chi connectivity index (χ3v) is 4.39. The lowest BCUT2D eigenvalue weighted by molar-refractivity contribution is 0.208. The first kappa shape index (κ1) is 9.20. The number of fused-ring (bicyclic) bond motifs is 2. The lowest BCUT2D eigenvalue weighted by atomic mass is 9.87. The first-order valence-electron chi connectivity index (χ1n) is 6.35. The monoisotopic (exact) mass is 215 g/mol. The van der Waals surface area contributed by atoms with Gasteiger partial charge in [-0.05, 0) is 31.2 Å². The van der Waals surface area contributed by atoms with Crippen molar-refractivity contribution < 1.29 is 4.74 Å². The fourth-order valence-electron chi connectivity index (χ4n) is 3.65. The van der Waals surface area contributed by atoms with Gasteiger partial charge < -0.3 is 10.1 Å². The van der Waals surface area contributed by atoms with Crippen molar-refractivity contribution in [2.45, 2.75) is 49.5 Å². The second-order valence-corrected chi connectivity index (χ2v) is 5.52. The van der Waals surface area contributed by atoms with Gasteiger partial charge in [0, 0.05) is 12.1 Å². The van der Waals surface area contributed by atoms with E-state index in [0.29, 0.717) is 18.2 Å². The van der Waals surface area contributed by atoms with Crippen molar-refractivity contribution in [1.29, 1.82) is 0 Å². The number of hydrogen-bond acceptors (Lipinski definition) is 2. The number of piperidine rings is 1. The highest BCUT2D eigenvalue weighted by Crippen LogP contribution is 2.58. The second kappa shape index (κ2) is 3.08. The highest BCUT2D eigenvalue weighted by molar-refractivity contribution is 5.28. The molecule has 2 heteroatoms. The fourth-order valence-corrected chi connectivity index (χ4v) is 3.65. The van der Waals surface area contributed by atoms with E-state index in [0.717, 1.165) is 0 Å². The molecule has 0 saturated carbocycles. The van der Waals surface area contributed by atoms with E-state index in [2.05, 4.69) is 35.6 Å². The summed E-state index contributed by atoms with van der Waals surface area (Å²) in [6, 6.07) is 12.1. The highest BCUT2D eigenvalue weighted by Gasteiger charge is 2.61. The normalized spacial score (nSPS) is 44.9. The zero-order chi connectivity index (χ0) is 10.6. The van der Waals surface area contributed by atoms with Crippen molar-refractivity contribution in [3.63, 3.8) is 0 Å². The van der Waals surface area contributed by atoms with Gasteiger partial charge in [0.25, 0.3) is 0 Å². The van der Waals surface area contributed by atoms with Gasteiger partial charge in [-0.1, -0.05) is 30.3 Å². The van der Waals surface area contributed by atoms with E-state index in [1.54, 1.807) is 0 Å². The number of rotatable bonds is 1. The topological polar surface area (TPSA) is 24.6 Å². The average molecular weight is 215 g/mol. The number of benzene rings is 1. The van der Waals surface area contributed by atoms with E-state index in [-0.39, 0.29) is 5.60 Å². The molecule has 1 spiro atoms. The summed E-state index contributed by atoms with van der Waals surface area (Å²) in [6.07, 6.45) is 5.49. The van der Waals surface area contributed by atoms with Gasteiger partial charge in [-0.2, -0.15) is 0 Å². The Kier molecular flexibility index (Phi) is 1.77. The zero-order valence-electron chi connectivity index (χ0n) is 9.36. The molecule has 0 aromatic heterocycles. The first-order valence-corrected chi connectivity index (χ1v) is 6.35. The van der Waals surface area contributed by atoms with Gasteiger partial charge in [0.2, 0.25) is 0 Å². The maximum Gasteiger partial charge on any atom is 0.112 e. The van der Waals surface area contributed by atoms with Crippen LogP contribution in [0.25, 0.3) is 0 Å². The Hall–Kier alpha value is -0.860. The van der Waals surface area contributed by atoms with Crippen molar-refractivity contribution in [2.24, 2.45) is 0 Å². The average Bonchev–Trinajstić information content (AvgIpc) is 2.89. The Labute approximate surface area is 96.0 Å². The summed E-state index contributed by atoms with van der Waals surface area (Å²) in [6.45, 7) is 0. The van der Waals surface area contributed by atoms with Gasteiger partial charge in [-0.25, -0.2) is 0 Å². The highest BCUT2D eigenvalue weighted by atomic mass is 16.6. The van der Waals surface area contributed by atoms with Crippen molar-refractivity contribution in [3.8, 4) is 0 Å². The van der Waals surface area contributed by atoms with E-state index < -0.39 is 0 Å². The summed E-state index contributed by atoms with van der Waals surface area (Å²) in [5.74, 6) is 0. The van der Waals surface area contributed by atoms with Gasteiger partial charge in [-0.3, -0.25) is 0 Å². The standard InChI is InChI=1S/C14H17NO/c1-2-4-10(5-3-1)13-14(16-13)8-11-6-7-12(9-14)15-11/h1-5,11-13,15H,6-9H2/t11-,12+,13?,14?. The Morgan fingerprint density at radius 1 is 1.06 bits per heavy atom. The Bertz CT molecular complexity index is 390. The molecular formula is C14H17NO. The smallest absolute Gasteiger partial charge is 0.112 e. The summed E-state index contributed by atoms with van der Waals surface area (Å²) in [4.78, 5) is 0. The molecule has 3 saturated heterocycles. The van der Waals surface area contributed by atoms with Crippen LogP contribution in [0.4, 0.5) is 0 Å². The third kappa shape index (κ3) is 1.26. The quantitative estimate of drug-likeness (QED) is 0.728. The van der Waals surface area contributed by atoms with E-state index in [4.69, 9.17) is 4.74 Å². The van der Waals surface area contributed by atoms with Crippen LogP contribution in [0.2, 0.25) is 0 Å². The van der Waals surface area contributed by atoms with Crippen LogP contribution in [0.15, 0.2) is 30.3 Å². The van der Waals surface area contributed by atoms with Crippen LogP contribution >= 0.6 is 0 Å². The molecule has 4 rings (SSSR count). The van der Waals surface area contributed by atoms with Gasteiger partial charge in [0.1, 0.15) is 11.7 Å². The zero-order valence-corrected chi connectivity index (χ0v) is 9.36. The summed E-state index contributed by atoms with van der Waals surface area (Å²) in [5, 5.41) is 3.68. The molecule has 1 N–H and O–H groups in total. The third-order valence-electron chi connectivity index (χ3n) is 4.39. The van der Waals surface area contributed by atoms with E-state index in [9.17, 15) is 0 Å². The largest absolute Gasteiger partial charge is 0.361 e. The molecule has 2 bridgehead atoms. The van der Waals surface area contributed by atoms with Gasteiger partial charge in [-0.15, -0.1) is 0 Å². The van der Waals surface area contributed by atoms with Crippen LogP contribution in [-0.4, -0.2) is 17.7 Å². The molecule has 3 heterocycles. The van der Waals surface area contributed by atoms with Gasteiger partial charge in [0.15, 0.2) is 0 Å². The molecule has 3 aliphatic rings. The summed E-state index contributed by atoms with van der Waals surface area (Å²) < 4.78 is 6.07. The summed E-state index contributed by atoms with van der Waals surface area (Å²) >= 11 is 0. The van der Waals surface area contributed by atoms with E-state index in [1.165, 1.54) is 31.2 Å². The Morgan fingerprint density at radius 3 is 2.44 bits per heavy atom. The number of hydrogen-bond donors (Lipinski definition) is 1. The molecule has 2 unspecified atom stereocenters. The molecule has 0 aliphatic carbocycles. The maximum atomic E-state index is 6.07. The lowest BCUT2D eigenvalue weighted by Gasteiger charge is -2.27. The molecule has 0 radical (unpaired) electrons. The second-order valence-electron chi connectivity index (χ2n) is 5.52. The SMILES string of the molecule is c1ccc(C2OC23C[C@H]2CC[C@@H](C3)N2)cc1. The van der Waals surface area contributed by atoms with Crippen LogP contribution in [0.5, 0.6) is 0 Å². The predicted octanol–water partition coefficient (Wildman–Crippen LogP) is 2.41. The van der Waals surface area contributed by atoms with Gasteiger partial charge >= 0.3 is 0 Å². The minimum atomic E-state index is 0.193. The number of ether oxygens (including phenoxy) is 1. The number of nitrogens with one attached hydrogen (secondary N) is 1. The number of epoxide rings is 1. The maximum absolute atomic E-state index is 6.07. The van der Waals surface area contributed by atoms with E-state index >= 15 is 0 Å². The summed E-state index contributed by atoms with van der Waals surface area (Å²) in [5.41, 5.74) is 1.56. The Morgan fingerprint density at radius 2 is 1.75 bits per heavy atom. The molecular weight excluding hydrogens is 198 g/mol. The molecule has 1 aromatic carbocycles. The molecule has 0 amide bonds. The molecule has 1 aromatic rings. The predicted molar refractivity (Wildman–Crippen MR) is 62.2 cm³/mol. The van der Waals surface area contributed by atoms with Gasteiger partial charge in [0.05, 0.1) is 0 Å². The molecule has 2 nitrogen and oxygen atoms in total. The summed E-state index contributed by atoms with van der Waals surface area (Å²) in [7, 11) is 0. The minimum Gasteiger partial charge on any atom is -0.361 e. The lowest BCUT2D eigenvalue weighted by Crippen LogP contribution is -2.42. The van der Waals surface area contributed by atoms with Crippen LogP contribution in [0.3, 0.4) is 0 Å².